The summed E-state index contributed by atoms with van der Waals surface area (Å²) in [6, 6.07) is 0. The highest BCUT2D eigenvalue weighted by molar-refractivity contribution is 7.17. The van der Waals surface area contributed by atoms with Crippen LogP contribution in [-0.4, -0.2) is 31.6 Å². The molecule has 1 N–H and O–H groups in total. The summed E-state index contributed by atoms with van der Waals surface area (Å²) >= 11 is 1.42. The van der Waals surface area contributed by atoms with E-state index < -0.39 is 11.9 Å². The van der Waals surface area contributed by atoms with Crippen LogP contribution >= 0.6 is 11.3 Å². The molecule has 0 spiro atoms. The lowest BCUT2D eigenvalue weighted by atomic mass is 9.86. The van der Waals surface area contributed by atoms with Crippen molar-refractivity contribution in [3.05, 3.63) is 16.0 Å². The molecule has 0 saturated heterocycles. The molecule has 1 fully saturated rings. The lowest BCUT2D eigenvalue weighted by molar-refractivity contribution is -0.154. The van der Waals surface area contributed by atoms with Crippen molar-refractivity contribution in [2.45, 2.75) is 45.4 Å². The Hall–Kier alpha value is -1.89. The highest BCUT2D eigenvalue weighted by Crippen LogP contribution is 2.40. The second-order valence-corrected chi connectivity index (χ2v) is 7.94. The molecule has 0 radical (unpaired) electrons. The smallest absolute Gasteiger partial charge is 0.341 e. The molecule has 0 unspecified atom stereocenters. The molecule has 7 heteroatoms. The number of fused-ring (bicyclic) bond motifs is 1. The molecule has 1 heterocycles. The van der Waals surface area contributed by atoms with Crippen LogP contribution < -0.4 is 5.32 Å². The number of anilines is 1. The summed E-state index contributed by atoms with van der Waals surface area (Å²) in [5.74, 6) is -0.676. The van der Waals surface area contributed by atoms with Crippen LogP contribution in [0.25, 0.3) is 0 Å². The summed E-state index contributed by atoms with van der Waals surface area (Å²) < 4.78 is 9.96. The third-order valence-corrected chi connectivity index (χ3v) is 6.11. The fourth-order valence-electron chi connectivity index (χ4n) is 3.22. The normalized spacial score (nSPS) is 19.5. The van der Waals surface area contributed by atoms with Crippen LogP contribution in [0.1, 0.15) is 53.4 Å². The van der Waals surface area contributed by atoms with E-state index >= 15 is 0 Å². The van der Waals surface area contributed by atoms with Crippen LogP contribution in [0.5, 0.6) is 0 Å². The van der Waals surface area contributed by atoms with Crippen molar-refractivity contribution in [1.29, 1.82) is 0 Å². The summed E-state index contributed by atoms with van der Waals surface area (Å²) in [6.07, 6.45) is 5.43. The zero-order chi connectivity index (χ0) is 18.0. The van der Waals surface area contributed by atoms with Gasteiger partial charge in [-0.3, -0.25) is 9.59 Å². The van der Waals surface area contributed by atoms with Gasteiger partial charge in [0.05, 0.1) is 18.6 Å². The molecule has 25 heavy (non-hydrogen) atoms. The number of carbonyl (C=O) groups excluding carboxylic acids is 3. The van der Waals surface area contributed by atoms with Crippen molar-refractivity contribution >= 4 is 34.2 Å². The number of methoxy groups -OCH3 is 1. The zero-order valence-corrected chi connectivity index (χ0v) is 15.4. The Bertz CT molecular complexity index is 692. The van der Waals surface area contributed by atoms with Crippen LogP contribution in [0.2, 0.25) is 0 Å². The monoisotopic (exact) mass is 365 g/mol. The number of amides is 1. The van der Waals surface area contributed by atoms with Gasteiger partial charge in [0, 0.05) is 4.88 Å². The molecular formula is C18H23NO5S. The summed E-state index contributed by atoms with van der Waals surface area (Å²) in [6.45, 7) is 1.85. The lowest BCUT2D eigenvalue weighted by Gasteiger charge is -2.22. The van der Waals surface area contributed by atoms with Crippen LogP contribution in [0.3, 0.4) is 0 Å². The standard InChI is InChI=1S/C18H23NO5S/c1-10-6-7-12-13(8-10)25-16(15(12)18(22)23-2)19-14(20)9-24-17(21)11-4-3-5-11/h10-11H,3-9H2,1-2H3,(H,19,20)/t10-/m0/s1. The lowest BCUT2D eigenvalue weighted by Crippen LogP contribution is -2.28. The summed E-state index contributed by atoms with van der Waals surface area (Å²) in [5, 5.41) is 3.23. The van der Waals surface area contributed by atoms with Crippen LogP contribution in [0, 0.1) is 11.8 Å². The van der Waals surface area contributed by atoms with E-state index in [2.05, 4.69) is 12.2 Å². The maximum Gasteiger partial charge on any atom is 0.341 e. The van der Waals surface area contributed by atoms with Gasteiger partial charge in [0.15, 0.2) is 6.61 Å². The molecule has 3 rings (SSSR count). The van der Waals surface area contributed by atoms with E-state index in [4.69, 9.17) is 9.47 Å². The quantitative estimate of drug-likeness (QED) is 0.812. The number of ether oxygens (including phenoxy) is 2. The molecule has 2 aliphatic carbocycles. The molecule has 1 amide bonds. The number of hydrogen-bond acceptors (Lipinski definition) is 6. The highest BCUT2D eigenvalue weighted by Gasteiger charge is 2.30. The van der Waals surface area contributed by atoms with E-state index in [9.17, 15) is 14.4 Å². The van der Waals surface area contributed by atoms with Crippen molar-refractivity contribution in [2.75, 3.05) is 19.0 Å². The number of esters is 2. The molecule has 1 aromatic rings. The van der Waals surface area contributed by atoms with Crippen molar-refractivity contribution in [1.82, 2.24) is 0 Å². The minimum absolute atomic E-state index is 0.0611. The first-order valence-corrected chi connectivity index (χ1v) is 9.50. The number of thiophene rings is 1. The Labute approximate surface area is 150 Å². The fourth-order valence-corrected chi connectivity index (χ4v) is 4.63. The Morgan fingerprint density at radius 1 is 1.24 bits per heavy atom. The second-order valence-electron chi connectivity index (χ2n) is 6.83. The van der Waals surface area contributed by atoms with Gasteiger partial charge in [0.25, 0.3) is 5.91 Å². The number of hydrogen-bond donors (Lipinski definition) is 1. The average Bonchev–Trinajstić information content (AvgIpc) is 2.87. The maximum absolute atomic E-state index is 12.2. The predicted molar refractivity (Wildman–Crippen MR) is 93.8 cm³/mol. The van der Waals surface area contributed by atoms with Crippen molar-refractivity contribution < 1.29 is 23.9 Å². The van der Waals surface area contributed by atoms with Gasteiger partial charge in [-0.25, -0.2) is 4.79 Å². The van der Waals surface area contributed by atoms with E-state index in [0.29, 0.717) is 16.5 Å². The Morgan fingerprint density at radius 2 is 2.00 bits per heavy atom. The number of rotatable bonds is 5. The van der Waals surface area contributed by atoms with E-state index in [1.165, 1.54) is 18.4 Å². The largest absolute Gasteiger partial charge is 0.465 e. The molecule has 1 saturated carbocycles. The van der Waals surface area contributed by atoms with Gasteiger partial charge < -0.3 is 14.8 Å². The average molecular weight is 365 g/mol. The van der Waals surface area contributed by atoms with E-state index in [-0.39, 0.29) is 18.5 Å². The molecule has 1 atom stereocenters. The maximum atomic E-state index is 12.2. The van der Waals surface area contributed by atoms with Gasteiger partial charge in [-0.2, -0.15) is 0 Å². The first-order chi connectivity index (χ1) is 12.0. The topological polar surface area (TPSA) is 81.7 Å². The number of carbonyl (C=O) groups is 3. The Balaban J connectivity index is 1.69. The van der Waals surface area contributed by atoms with Crippen LogP contribution in [0.15, 0.2) is 0 Å². The van der Waals surface area contributed by atoms with E-state index in [1.54, 1.807) is 0 Å². The summed E-state index contributed by atoms with van der Waals surface area (Å²) in [4.78, 5) is 37.2. The first-order valence-electron chi connectivity index (χ1n) is 8.69. The molecule has 136 valence electrons. The third-order valence-electron chi connectivity index (χ3n) is 4.94. The van der Waals surface area contributed by atoms with Crippen molar-refractivity contribution in [3.8, 4) is 0 Å². The number of nitrogens with one attached hydrogen (secondary N) is 1. The SMILES string of the molecule is COC(=O)c1c(NC(=O)COC(=O)C2CCC2)sc2c1CC[C@H](C)C2. The molecule has 0 bridgehead atoms. The second kappa shape index (κ2) is 7.56. The van der Waals surface area contributed by atoms with Crippen LogP contribution in [-0.2, 0) is 31.9 Å². The first kappa shape index (κ1) is 17.9. The minimum Gasteiger partial charge on any atom is -0.465 e. The highest BCUT2D eigenvalue weighted by atomic mass is 32.1. The molecule has 6 nitrogen and oxygen atoms in total. The van der Waals surface area contributed by atoms with Crippen LogP contribution in [0.4, 0.5) is 5.00 Å². The van der Waals surface area contributed by atoms with Gasteiger partial charge in [-0.15, -0.1) is 11.3 Å². The van der Waals surface area contributed by atoms with Gasteiger partial charge in [0.2, 0.25) is 0 Å². The summed E-state index contributed by atoms with van der Waals surface area (Å²) in [7, 11) is 1.34. The molecule has 0 aromatic carbocycles. The van der Waals surface area contributed by atoms with E-state index in [1.807, 2.05) is 0 Å². The van der Waals surface area contributed by atoms with Gasteiger partial charge in [0.1, 0.15) is 5.00 Å². The zero-order valence-electron chi connectivity index (χ0n) is 14.6. The molecule has 2 aliphatic rings. The van der Waals surface area contributed by atoms with Crippen molar-refractivity contribution in [3.63, 3.8) is 0 Å². The predicted octanol–water partition coefficient (Wildman–Crippen LogP) is 2.94. The van der Waals surface area contributed by atoms with Crippen molar-refractivity contribution in [2.24, 2.45) is 11.8 Å². The minimum atomic E-state index is -0.436. The molecule has 1 aromatic heterocycles. The summed E-state index contributed by atoms with van der Waals surface area (Å²) in [5.41, 5.74) is 1.43. The van der Waals surface area contributed by atoms with Gasteiger partial charge in [-0.05, 0) is 43.6 Å². The molecule has 0 aliphatic heterocycles. The van der Waals surface area contributed by atoms with Gasteiger partial charge >= 0.3 is 11.9 Å². The molecular weight excluding hydrogens is 342 g/mol. The Morgan fingerprint density at radius 3 is 2.64 bits per heavy atom. The fraction of sp³-hybridized carbons (Fsp3) is 0.611. The van der Waals surface area contributed by atoms with E-state index in [0.717, 1.165) is 49.0 Å². The van der Waals surface area contributed by atoms with Gasteiger partial charge in [-0.1, -0.05) is 13.3 Å². The Kier molecular flexibility index (Phi) is 5.42. The third kappa shape index (κ3) is 3.86.